The highest BCUT2D eigenvalue weighted by molar-refractivity contribution is 5.56. The molecule has 0 aliphatic carbocycles. The lowest BCUT2D eigenvalue weighted by atomic mass is 10.00. The molecule has 0 aromatic carbocycles. The third kappa shape index (κ3) is 2.70. The van der Waals surface area contributed by atoms with Crippen LogP contribution in [0.1, 0.15) is 19.8 Å². The molecule has 0 spiro atoms. The molecule has 3 rings (SSSR count). The summed E-state index contributed by atoms with van der Waals surface area (Å²) >= 11 is 0. The Morgan fingerprint density at radius 1 is 1.00 bits per heavy atom. The smallest absolute Gasteiger partial charge is 0.225 e. The first kappa shape index (κ1) is 12.0. The number of hydrogen-bond acceptors (Lipinski definition) is 5. The molecular formula is C14H17N5. The van der Waals surface area contributed by atoms with Gasteiger partial charge in [0.2, 0.25) is 5.95 Å². The highest BCUT2D eigenvalue weighted by Gasteiger charge is 2.17. The zero-order chi connectivity index (χ0) is 13.1. The third-order valence-corrected chi connectivity index (χ3v) is 3.56. The van der Waals surface area contributed by atoms with Gasteiger partial charge in [-0.2, -0.15) is 0 Å². The summed E-state index contributed by atoms with van der Waals surface area (Å²) in [6.07, 6.45) is 11.1. The SMILES string of the molecule is CC1CCN(c2ncc(-c3cnccn3)cn2)CC1. The molecule has 2 aromatic rings. The molecule has 19 heavy (non-hydrogen) atoms. The molecule has 0 N–H and O–H groups in total. The summed E-state index contributed by atoms with van der Waals surface area (Å²) in [7, 11) is 0. The largest absolute Gasteiger partial charge is 0.341 e. The summed E-state index contributed by atoms with van der Waals surface area (Å²) < 4.78 is 0. The molecule has 1 aliphatic heterocycles. The molecule has 98 valence electrons. The molecule has 0 saturated carbocycles. The minimum absolute atomic E-state index is 0.807. The van der Waals surface area contributed by atoms with E-state index in [0.717, 1.165) is 36.2 Å². The maximum absolute atomic E-state index is 4.45. The predicted octanol–water partition coefficient (Wildman–Crippen LogP) is 2.17. The normalized spacial score (nSPS) is 16.6. The van der Waals surface area contributed by atoms with Crippen molar-refractivity contribution in [1.82, 2.24) is 19.9 Å². The Balaban J connectivity index is 1.76. The second-order valence-corrected chi connectivity index (χ2v) is 5.03. The standard InChI is InChI=1S/C14H17N5/c1-11-2-6-19(7-3-11)14-17-8-12(9-18-14)13-10-15-4-5-16-13/h4-5,8-11H,2-3,6-7H2,1H3. The van der Waals surface area contributed by atoms with Crippen LogP contribution in [0.2, 0.25) is 0 Å². The van der Waals surface area contributed by atoms with Crippen molar-refractivity contribution in [3.05, 3.63) is 31.0 Å². The lowest BCUT2D eigenvalue weighted by Crippen LogP contribution is -2.33. The van der Waals surface area contributed by atoms with Gasteiger partial charge < -0.3 is 4.90 Å². The average Bonchev–Trinajstić information content (AvgIpc) is 2.49. The summed E-state index contributed by atoms with van der Waals surface area (Å²) in [5.41, 5.74) is 1.71. The molecule has 0 unspecified atom stereocenters. The van der Waals surface area contributed by atoms with Crippen LogP contribution in [-0.4, -0.2) is 33.0 Å². The first-order chi connectivity index (χ1) is 9.33. The molecule has 0 radical (unpaired) electrons. The highest BCUT2D eigenvalue weighted by Crippen LogP contribution is 2.21. The van der Waals surface area contributed by atoms with Crippen molar-refractivity contribution in [3.8, 4) is 11.3 Å². The summed E-state index contributed by atoms with van der Waals surface area (Å²) in [4.78, 5) is 19.5. The van der Waals surface area contributed by atoms with Gasteiger partial charge in [0.25, 0.3) is 0 Å². The highest BCUT2D eigenvalue weighted by atomic mass is 15.2. The zero-order valence-electron chi connectivity index (χ0n) is 11.0. The molecule has 3 heterocycles. The minimum atomic E-state index is 0.807. The van der Waals surface area contributed by atoms with E-state index in [1.807, 2.05) is 12.4 Å². The maximum Gasteiger partial charge on any atom is 0.225 e. The van der Waals surface area contributed by atoms with Crippen molar-refractivity contribution in [3.63, 3.8) is 0 Å². The van der Waals surface area contributed by atoms with Gasteiger partial charge in [0.15, 0.2) is 0 Å². The van der Waals surface area contributed by atoms with Crippen LogP contribution in [0.4, 0.5) is 5.95 Å². The second kappa shape index (κ2) is 5.30. The molecule has 0 amide bonds. The van der Waals surface area contributed by atoms with E-state index in [2.05, 4.69) is 31.8 Å². The second-order valence-electron chi connectivity index (χ2n) is 5.03. The molecular weight excluding hydrogens is 238 g/mol. The van der Waals surface area contributed by atoms with Crippen LogP contribution in [0, 0.1) is 5.92 Å². The van der Waals surface area contributed by atoms with Crippen LogP contribution in [0.25, 0.3) is 11.3 Å². The summed E-state index contributed by atoms with van der Waals surface area (Å²) in [5.74, 6) is 1.63. The van der Waals surface area contributed by atoms with Gasteiger partial charge in [-0.3, -0.25) is 9.97 Å². The van der Waals surface area contributed by atoms with Crippen molar-refractivity contribution in [1.29, 1.82) is 0 Å². The Kier molecular flexibility index (Phi) is 3.35. The van der Waals surface area contributed by atoms with Gasteiger partial charge in [-0.25, -0.2) is 9.97 Å². The zero-order valence-corrected chi connectivity index (χ0v) is 11.0. The van der Waals surface area contributed by atoms with E-state index >= 15 is 0 Å². The average molecular weight is 255 g/mol. The predicted molar refractivity (Wildman–Crippen MR) is 73.7 cm³/mol. The van der Waals surface area contributed by atoms with Crippen LogP contribution in [0.3, 0.4) is 0 Å². The lowest BCUT2D eigenvalue weighted by molar-refractivity contribution is 0.434. The number of nitrogens with zero attached hydrogens (tertiary/aromatic N) is 5. The van der Waals surface area contributed by atoms with Crippen LogP contribution in [0.5, 0.6) is 0 Å². The van der Waals surface area contributed by atoms with E-state index in [4.69, 9.17) is 0 Å². The first-order valence-corrected chi connectivity index (χ1v) is 6.66. The van der Waals surface area contributed by atoms with Crippen LogP contribution >= 0.6 is 0 Å². The summed E-state index contributed by atoms with van der Waals surface area (Å²) in [5, 5.41) is 0. The Labute approximate surface area is 112 Å². The number of piperidine rings is 1. The summed E-state index contributed by atoms with van der Waals surface area (Å²) in [6, 6.07) is 0. The topological polar surface area (TPSA) is 54.8 Å². The molecule has 2 aromatic heterocycles. The fourth-order valence-electron chi connectivity index (χ4n) is 2.27. The number of hydrogen-bond donors (Lipinski definition) is 0. The van der Waals surface area contributed by atoms with Crippen molar-refractivity contribution < 1.29 is 0 Å². The van der Waals surface area contributed by atoms with Gasteiger partial charge in [-0.05, 0) is 18.8 Å². The van der Waals surface area contributed by atoms with E-state index in [1.54, 1.807) is 18.6 Å². The van der Waals surface area contributed by atoms with Crippen LogP contribution < -0.4 is 4.90 Å². The fraction of sp³-hybridized carbons (Fsp3) is 0.429. The molecule has 0 bridgehead atoms. The van der Waals surface area contributed by atoms with Gasteiger partial charge in [0.05, 0.1) is 11.9 Å². The van der Waals surface area contributed by atoms with Crippen molar-refractivity contribution in [2.45, 2.75) is 19.8 Å². The molecule has 1 saturated heterocycles. The van der Waals surface area contributed by atoms with Crippen LogP contribution in [-0.2, 0) is 0 Å². The van der Waals surface area contributed by atoms with Gasteiger partial charge in [-0.1, -0.05) is 6.92 Å². The fourth-order valence-corrected chi connectivity index (χ4v) is 2.27. The molecule has 1 fully saturated rings. The first-order valence-electron chi connectivity index (χ1n) is 6.66. The van der Waals surface area contributed by atoms with Gasteiger partial charge in [0.1, 0.15) is 0 Å². The molecule has 5 heteroatoms. The van der Waals surface area contributed by atoms with Crippen molar-refractivity contribution in [2.75, 3.05) is 18.0 Å². The quantitative estimate of drug-likeness (QED) is 0.823. The van der Waals surface area contributed by atoms with E-state index < -0.39 is 0 Å². The minimum Gasteiger partial charge on any atom is -0.341 e. The van der Waals surface area contributed by atoms with Gasteiger partial charge in [-0.15, -0.1) is 0 Å². The Morgan fingerprint density at radius 3 is 2.37 bits per heavy atom. The maximum atomic E-state index is 4.45. The number of rotatable bonds is 2. The Bertz CT molecular complexity index is 517. The molecule has 0 atom stereocenters. The molecule has 1 aliphatic rings. The molecule has 5 nitrogen and oxygen atoms in total. The van der Waals surface area contributed by atoms with E-state index in [0.29, 0.717) is 0 Å². The number of anilines is 1. The van der Waals surface area contributed by atoms with Gasteiger partial charge >= 0.3 is 0 Å². The van der Waals surface area contributed by atoms with E-state index in [-0.39, 0.29) is 0 Å². The Hall–Kier alpha value is -2.04. The number of aromatic nitrogens is 4. The van der Waals surface area contributed by atoms with E-state index in [9.17, 15) is 0 Å². The Morgan fingerprint density at radius 2 is 1.74 bits per heavy atom. The lowest BCUT2D eigenvalue weighted by Gasteiger charge is -2.30. The van der Waals surface area contributed by atoms with Crippen molar-refractivity contribution in [2.24, 2.45) is 5.92 Å². The third-order valence-electron chi connectivity index (χ3n) is 3.56. The monoisotopic (exact) mass is 255 g/mol. The van der Waals surface area contributed by atoms with Crippen LogP contribution in [0.15, 0.2) is 31.0 Å². The van der Waals surface area contributed by atoms with E-state index in [1.165, 1.54) is 12.8 Å². The van der Waals surface area contributed by atoms with Crippen molar-refractivity contribution >= 4 is 5.95 Å². The van der Waals surface area contributed by atoms with Gasteiger partial charge in [0, 0.05) is 43.4 Å². The summed E-state index contributed by atoms with van der Waals surface area (Å²) in [6.45, 7) is 4.40.